The Balaban J connectivity index is 1.65. The van der Waals surface area contributed by atoms with Gasteiger partial charge in [0.05, 0.1) is 12.8 Å². The van der Waals surface area contributed by atoms with E-state index in [0.29, 0.717) is 19.0 Å². The van der Waals surface area contributed by atoms with E-state index in [0.717, 1.165) is 17.9 Å². The molecule has 0 amide bonds. The zero-order chi connectivity index (χ0) is 17.5. The van der Waals surface area contributed by atoms with Gasteiger partial charge in [-0.25, -0.2) is 9.97 Å². The minimum Gasteiger partial charge on any atom is -0.480 e. The lowest BCUT2D eigenvalue weighted by molar-refractivity contribution is -0.134. The number of aliphatic carboxylic acids is 1. The van der Waals surface area contributed by atoms with Crippen LogP contribution in [-0.4, -0.2) is 32.5 Å². The third-order valence-electron chi connectivity index (χ3n) is 3.46. The van der Waals surface area contributed by atoms with Crippen molar-refractivity contribution in [2.75, 3.05) is 11.9 Å². The molecular weight excluding hydrogens is 340 g/mol. The number of furan rings is 1. The SMILES string of the molecule is O=C(O)CNc1ncc(CN(Cc2ccsc2)Cc2ccco2)cn1. The predicted molar refractivity (Wildman–Crippen MR) is 94.1 cm³/mol. The van der Waals surface area contributed by atoms with Crippen LogP contribution in [-0.2, 0) is 24.4 Å². The summed E-state index contributed by atoms with van der Waals surface area (Å²) in [5, 5.41) is 15.5. The van der Waals surface area contributed by atoms with E-state index in [1.165, 1.54) is 5.56 Å². The minimum atomic E-state index is -0.951. The second-order valence-electron chi connectivity index (χ2n) is 5.52. The van der Waals surface area contributed by atoms with E-state index in [4.69, 9.17) is 9.52 Å². The molecule has 0 aliphatic rings. The molecule has 0 unspecified atom stereocenters. The smallest absolute Gasteiger partial charge is 0.322 e. The van der Waals surface area contributed by atoms with Crippen molar-refractivity contribution >= 4 is 23.3 Å². The first-order valence-electron chi connectivity index (χ1n) is 7.71. The molecule has 0 aliphatic heterocycles. The molecule has 3 aromatic heterocycles. The van der Waals surface area contributed by atoms with Crippen LogP contribution in [0.25, 0.3) is 0 Å². The van der Waals surface area contributed by atoms with E-state index in [1.807, 2.05) is 12.1 Å². The molecule has 3 heterocycles. The van der Waals surface area contributed by atoms with Gasteiger partial charge in [-0.2, -0.15) is 11.3 Å². The molecule has 130 valence electrons. The summed E-state index contributed by atoms with van der Waals surface area (Å²) in [6.45, 7) is 1.93. The first kappa shape index (κ1) is 17.1. The molecule has 3 rings (SSSR count). The van der Waals surface area contributed by atoms with Crippen LogP contribution in [0.15, 0.2) is 52.0 Å². The van der Waals surface area contributed by atoms with Crippen LogP contribution in [0.2, 0.25) is 0 Å². The molecule has 0 atom stereocenters. The molecule has 25 heavy (non-hydrogen) atoms. The van der Waals surface area contributed by atoms with Gasteiger partial charge in [-0.05, 0) is 34.5 Å². The van der Waals surface area contributed by atoms with Gasteiger partial charge in [-0.1, -0.05) is 0 Å². The highest BCUT2D eigenvalue weighted by atomic mass is 32.1. The summed E-state index contributed by atoms with van der Waals surface area (Å²) in [6, 6.07) is 5.94. The molecule has 0 saturated heterocycles. The van der Waals surface area contributed by atoms with E-state index in [2.05, 4.69) is 37.0 Å². The summed E-state index contributed by atoms with van der Waals surface area (Å²) < 4.78 is 5.46. The Kier molecular flexibility index (Phi) is 5.76. The Bertz CT molecular complexity index is 737. The maximum absolute atomic E-state index is 10.6. The van der Waals surface area contributed by atoms with Crippen LogP contribution in [0.3, 0.4) is 0 Å². The molecular formula is C17H18N4O3S. The largest absolute Gasteiger partial charge is 0.480 e. The predicted octanol–water partition coefficient (Wildman–Crippen LogP) is 2.83. The average molecular weight is 358 g/mol. The van der Waals surface area contributed by atoms with Crippen molar-refractivity contribution in [3.63, 3.8) is 0 Å². The highest BCUT2D eigenvalue weighted by Crippen LogP contribution is 2.16. The fraction of sp³-hybridized carbons (Fsp3) is 0.235. The number of thiophene rings is 1. The van der Waals surface area contributed by atoms with E-state index >= 15 is 0 Å². The van der Waals surface area contributed by atoms with Gasteiger partial charge < -0.3 is 14.8 Å². The molecule has 0 aromatic carbocycles. The second-order valence-corrected chi connectivity index (χ2v) is 6.30. The van der Waals surface area contributed by atoms with Crippen molar-refractivity contribution in [2.24, 2.45) is 0 Å². The van der Waals surface area contributed by atoms with Crippen LogP contribution in [0.5, 0.6) is 0 Å². The maximum atomic E-state index is 10.6. The van der Waals surface area contributed by atoms with Crippen molar-refractivity contribution in [1.82, 2.24) is 14.9 Å². The van der Waals surface area contributed by atoms with Gasteiger partial charge in [-0.3, -0.25) is 9.69 Å². The fourth-order valence-corrected chi connectivity index (χ4v) is 3.03. The lowest BCUT2D eigenvalue weighted by Gasteiger charge is -2.20. The summed E-state index contributed by atoms with van der Waals surface area (Å²) in [4.78, 5) is 21.1. The number of anilines is 1. The zero-order valence-electron chi connectivity index (χ0n) is 13.5. The second kappa shape index (κ2) is 8.41. The van der Waals surface area contributed by atoms with Gasteiger partial charge in [0.25, 0.3) is 0 Å². The lowest BCUT2D eigenvalue weighted by atomic mass is 10.2. The molecule has 0 radical (unpaired) electrons. The third kappa shape index (κ3) is 5.40. The number of carbonyl (C=O) groups is 1. The molecule has 3 aromatic rings. The number of carboxylic acids is 1. The Hall–Kier alpha value is -2.71. The average Bonchev–Trinajstić information content (AvgIpc) is 3.28. The normalized spacial score (nSPS) is 10.9. The van der Waals surface area contributed by atoms with Crippen LogP contribution < -0.4 is 5.32 Å². The van der Waals surface area contributed by atoms with Crippen molar-refractivity contribution < 1.29 is 14.3 Å². The molecule has 0 bridgehead atoms. The van der Waals surface area contributed by atoms with Crippen molar-refractivity contribution in [2.45, 2.75) is 19.6 Å². The summed E-state index contributed by atoms with van der Waals surface area (Å²) in [5.74, 6) is 0.255. The molecule has 8 heteroatoms. The number of aromatic nitrogens is 2. The van der Waals surface area contributed by atoms with Gasteiger partial charge in [0.1, 0.15) is 12.3 Å². The maximum Gasteiger partial charge on any atom is 0.322 e. The fourth-order valence-electron chi connectivity index (χ4n) is 2.37. The first-order valence-corrected chi connectivity index (χ1v) is 8.66. The highest BCUT2D eigenvalue weighted by molar-refractivity contribution is 7.07. The van der Waals surface area contributed by atoms with Gasteiger partial charge >= 0.3 is 5.97 Å². The van der Waals surface area contributed by atoms with E-state index < -0.39 is 5.97 Å². The Labute approximate surface area is 149 Å². The quantitative estimate of drug-likeness (QED) is 0.608. The number of carboxylic acid groups (broad SMARTS) is 1. The molecule has 2 N–H and O–H groups in total. The number of nitrogens with zero attached hydrogens (tertiary/aromatic N) is 3. The minimum absolute atomic E-state index is 0.206. The van der Waals surface area contributed by atoms with Crippen molar-refractivity contribution in [3.05, 3.63) is 64.5 Å². The Morgan fingerprint density at radius 2 is 2.00 bits per heavy atom. The van der Waals surface area contributed by atoms with E-state index in [-0.39, 0.29) is 6.54 Å². The van der Waals surface area contributed by atoms with E-state index in [1.54, 1.807) is 30.0 Å². The van der Waals surface area contributed by atoms with Crippen molar-refractivity contribution in [1.29, 1.82) is 0 Å². The first-order chi connectivity index (χ1) is 12.2. The molecule has 0 spiro atoms. The summed E-state index contributed by atoms with van der Waals surface area (Å²) in [7, 11) is 0. The Morgan fingerprint density at radius 3 is 2.64 bits per heavy atom. The van der Waals surface area contributed by atoms with Gasteiger partial charge in [-0.15, -0.1) is 0 Å². The number of nitrogens with one attached hydrogen (secondary N) is 1. The highest BCUT2D eigenvalue weighted by Gasteiger charge is 2.11. The van der Waals surface area contributed by atoms with Crippen LogP contribution in [0.1, 0.15) is 16.9 Å². The third-order valence-corrected chi connectivity index (χ3v) is 4.19. The molecule has 0 aliphatic carbocycles. The summed E-state index contributed by atoms with van der Waals surface area (Å²) >= 11 is 1.67. The standard InChI is InChI=1S/C17H18N4O3S/c22-16(23)8-20-17-18-6-14(7-19-17)10-21(9-13-3-5-25-12-13)11-15-2-1-4-24-15/h1-7,12H,8-11H2,(H,22,23)(H,18,19,20). The molecule has 0 saturated carbocycles. The van der Waals surface area contributed by atoms with Crippen LogP contribution >= 0.6 is 11.3 Å². The Morgan fingerprint density at radius 1 is 1.20 bits per heavy atom. The lowest BCUT2D eigenvalue weighted by Crippen LogP contribution is -2.22. The van der Waals surface area contributed by atoms with Crippen molar-refractivity contribution in [3.8, 4) is 0 Å². The van der Waals surface area contributed by atoms with Crippen LogP contribution in [0, 0.1) is 0 Å². The van der Waals surface area contributed by atoms with Gasteiger partial charge in [0, 0.05) is 31.0 Å². The van der Waals surface area contributed by atoms with Crippen LogP contribution in [0.4, 0.5) is 5.95 Å². The summed E-state index contributed by atoms with van der Waals surface area (Å²) in [5.41, 5.74) is 2.19. The summed E-state index contributed by atoms with van der Waals surface area (Å²) in [6.07, 6.45) is 5.09. The monoisotopic (exact) mass is 358 g/mol. The number of rotatable bonds is 9. The zero-order valence-corrected chi connectivity index (χ0v) is 14.3. The molecule has 0 fully saturated rings. The number of hydrogen-bond donors (Lipinski definition) is 2. The van der Waals surface area contributed by atoms with Gasteiger partial charge in [0.15, 0.2) is 0 Å². The number of hydrogen-bond acceptors (Lipinski definition) is 7. The van der Waals surface area contributed by atoms with E-state index in [9.17, 15) is 4.79 Å². The molecule has 7 nitrogen and oxygen atoms in total. The topological polar surface area (TPSA) is 91.5 Å². The van der Waals surface area contributed by atoms with Gasteiger partial charge in [0.2, 0.25) is 5.95 Å².